The van der Waals surface area contributed by atoms with Crippen LogP contribution in [0.15, 0.2) is 47.4 Å². The number of aromatic nitrogens is 1. The molecule has 2 aromatic rings. The summed E-state index contributed by atoms with van der Waals surface area (Å²) in [7, 11) is 0. The van der Waals surface area contributed by atoms with Crippen LogP contribution >= 0.6 is 0 Å². The van der Waals surface area contributed by atoms with E-state index in [1.165, 1.54) is 11.8 Å². The molecule has 0 amide bonds. The van der Waals surface area contributed by atoms with Crippen molar-refractivity contribution in [3.63, 3.8) is 0 Å². The maximum Gasteiger partial charge on any atom is 0.258 e. The first-order valence-corrected chi connectivity index (χ1v) is 5.93. The summed E-state index contributed by atoms with van der Waals surface area (Å²) >= 11 is 0. The van der Waals surface area contributed by atoms with Crippen molar-refractivity contribution in [1.82, 2.24) is 4.98 Å². The molecule has 0 bridgehead atoms. The number of carbonyl (C=O) groups excluding carboxylic acids is 1. The van der Waals surface area contributed by atoms with Gasteiger partial charge in [-0.25, -0.2) is 0 Å². The number of hydrogen-bond acceptors (Lipinski definition) is 2. The Hall–Kier alpha value is -2.16. The lowest BCUT2D eigenvalue weighted by molar-refractivity contribution is 0.0981. The van der Waals surface area contributed by atoms with Gasteiger partial charge in [-0.1, -0.05) is 29.8 Å². The molecule has 0 fully saturated rings. The molecule has 0 saturated carbocycles. The monoisotopic (exact) mass is 241 g/mol. The summed E-state index contributed by atoms with van der Waals surface area (Å²) in [6.07, 6.45) is 2.54. The van der Waals surface area contributed by atoms with Crippen LogP contribution in [-0.2, 0) is 6.42 Å². The third-order valence-corrected chi connectivity index (χ3v) is 2.88. The Bertz CT molecular complexity index is 596. The van der Waals surface area contributed by atoms with Crippen molar-refractivity contribution < 1.29 is 4.79 Å². The van der Waals surface area contributed by atoms with E-state index in [0.29, 0.717) is 12.8 Å². The van der Waals surface area contributed by atoms with Crippen molar-refractivity contribution in [1.29, 1.82) is 0 Å². The van der Waals surface area contributed by atoms with Crippen molar-refractivity contribution in [2.24, 2.45) is 0 Å². The van der Waals surface area contributed by atoms with Gasteiger partial charge in [0.25, 0.3) is 5.56 Å². The number of hydrogen-bond donors (Lipinski definition) is 1. The van der Waals surface area contributed by atoms with Crippen LogP contribution in [0.5, 0.6) is 0 Å². The zero-order valence-corrected chi connectivity index (χ0v) is 10.3. The fourth-order valence-electron chi connectivity index (χ4n) is 1.79. The molecule has 0 aliphatic heterocycles. The molecule has 0 spiro atoms. The highest BCUT2D eigenvalue weighted by atomic mass is 16.1. The van der Waals surface area contributed by atoms with E-state index in [9.17, 15) is 9.59 Å². The minimum absolute atomic E-state index is 0.113. The van der Waals surface area contributed by atoms with Gasteiger partial charge in [-0.3, -0.25) is 9.59 Å². The quantitative estimate of drug-likeness (QED) is 0.836. The van der Waals surface area contributed by atoms with Crippen LogP contribution < -0.4 is 5.56 Å². The number of carbonyl (C=O) groups is 1. The van der Waals surface area contributed by atoms with E-state index in [-0.39, 0.29) is 16.9 Å². The van der Waals surface area contributed by atoms with E-state index in [0.717, 1.165) is 5.56 Å². The second-order valence-electron chi connectivity index (χ2n) is 4.32. The van der Waals surface area contributed by atoms with Crippen molar-refractivity contribution in [3.05, 3.63) is 69.6 Å². The Labute approximate surface area is 105 Å². The molecule has 0 saturated heterocycles. The first-order valence-electron chi connectivity index (χ1n) is 5.93. The highest BCUT2D eigenvalue weighted by Gasteiger charge is 2.09. The number of aryl methyl sites for hydroxylation is 2. The lowest BCUT2D eigenvalue weighted by atomic mass is 10.0. The number of Topliss-reactive ketones (excluding diaryl/α,β-unsaturated/α-hetero) is 1. The minimum Gasteiger partial charge on any atom is -0.328 e. The first kappa shape index (κ1) is 12.3. The molecule has 92 valence electrons. The Kier molecular flexibility index (Phi) is 3.72. The maximum absolute atomic E-state index is 11.9. The van der Waals surface area contributed by atoms with E-state index in [1.807, 2.05) is 31.2 Å². The fourth-order valence-corrected chi connectivity index (χ4v) is 1.79. The number of ketones is 1. The van der Waals surface area contributed by atoms with Gasteiger partial charge < -0.3 is 4.98 Å². The molecule has 1 aromatic carbocycles. The Morgan fingerprint density at radius 1 is 1.17 bits per heavy atom. The van der Waals surface area contributed by atoms with Crippen LogP contribution in [-0.4, -0.2) is 10.8 Å². The van der Waals surface area contributed by atoms with Gasteiger partial charge in [0.2, 0.25) is 0 Å². The molecule has 2 rings (SSSR count). The Morgan fingerprint density at radius 3 is 2.56 bits per heavy atom. The lowest BCUT2D eigenvalue weighted by Gasteiger charge is -2.01. The molecule has 18 heavy (non-hydrogen) atoms. The van der Waals surface area contributed by atoms with Crippen LogP contribution in [0, 0.1) is 6.92 Å². The van der Waals surface area contributed by atoms with E-state index in [2.05, 4.69) is 4.98 Å². The summed E-state index contributed by atoms with van der Waals surface area (Å²) in [4.78, 5) is 25.8. The zero-order chi connectivity index (χ0) is 13.0. The molecule has 0 aliphatic rings. The van der Waals surface area contributed by atoms with Crippen molar-refractivity contribution in [3.8, 4) is 0 Å². The summed E-state index contributed by atoms with van der Waals surface area (Å²) in [5, 5.41) is 0. The van der Waals surface area contributed by atoms with Crippen LogP contribution in [0.25, 0.3) is 0 Å². The smallest absolute Gasteiger partial charge is 0.258 e. The van der Waals surface area contributed by atoms with Crippen molar-refractivity contribution >= 4 is 5.78 Å². The normalized spacial score (nSPS) is 10.3. The van der Waals surface area contributed by atoms with E-state index in [1.54, 1.807) is 12.1 Å². The van der Waals surface area contributed by atoms with Gasteiger partial charge in [-0.15, -0.1) is 0 Å². The average molecular weight is 241 g/mol. The molecule has 3 heteroatoms. The number of benzene rings is 1. The zero-order valence-electron chi connectivity index (χ0n) is 10.3. The fraction of sp³-hybridized carbons (Fsp3) is 0.200. The number of pyridine rings is 1. The van der Waals surface area contributed by atoms with E-state index >= 15 is 0 Å². The van der Waals surface area contributed by atoms with E-state index < -0.39 is 0 Å². The molecule has 0 aliphatic carbocycles. The van der Waals surface area contributed by atoms with Gasteiger partial charge in [0, 0.05) is 12.6 Å². The third kappa shape index (κ3) is 2.94. The van der Waals surface area contributed by atoms with Crippen LogP contribution in [0.2, 0.25) is 0 Å². The van der Waals surface area contributed by atoms with Crippen molar-refractivity contribution in [2.75, 3.05) is 0 Å². The summed E-state index contributed by atoms with van der Waals surface area (Å²) in [5.74, 6) is -0.113. The number of aromatic amines is 1. The second-order valence-corrected chi connectivity index (χ2v) is 4.32. The molecule has 1 aromatic heterocycles. The summed E-state index contributed by atoms with van der Waals surface area (Å²) < 4.78 is 0. The molecule has 3 nitrogen and oxygen atoms in total. The lowest BCUT2D eigenvalue weighted by Crippen LogP contribution is -2.17. The summed E-state index contributed by atoms with van der Waals surface area (Å²) in [5.41, 5.74) is 2.24. The number of H-pyrrole nitrogens is 1. The van der Waals surface area contributed by atoms with Gasteiger partial charge in [-0.05, 0) is 31.0 Å². The molecule has 1 heterocycles. The summed E-state index contributed by atoms with van der Waals surface area (Å²) in [6.45, 7) is 2.03. The maximum atomic E-state index is 11.9. The molecule has 0 unspecified atom stereocenters. The minimum atomic E-state index is -0.314. The van der Waals surface area contributed by atoms with Gasteiger partial charge in [0.1, 0.15) is 0 Å². The van der Waals surface area contributed by atoms with Crippen LogP contribution in [0.1, 0.15) is 27.9 Å². The average Bonchev–Trinajstić information content (AvgIpc) is 2.38. The summed E-state index contributed by atoms with van der Waals surface area (Å²) in [6, 6.07) is 11.3. The predicted octanol–water partition coefficient (Wildman–Crippen LogP) is 2.50. The molecule has 0 radical (unpaired) electrons. The molecule has 0 atom stereocenters. The SMILES string of the molecule is Cc1ccc(CCC(=O)c2ccc[nH]c2=O)cc1. The van der Waals surface area contributed by atoms with Crippen LogP contribution in [0.3, 0.4) is 0 Å². The Morgan fingerprint density at radius 2 is 1.89 bits per heavy atom. The highest BCUT2D eigenvalue weighted by molar-refractivity contribution is 5.95. The predicted molar refractivity (Wildman–Crippen MR) is 70.9 cm³/mol. The molecular weight excluding hydrogens is 226 g/mol. The van der Waals surface area contributed by atoms with Gasteiger partial charge >= 0.3 is 0 Å². The number of rotatable bonds is 4. The Balaban J connectivity index is 2.03. The van der Waals surface area contributed by atoms with Gasteiger partial charge in [0.15, 0.2) is 5.78 Å². The highest BCUT2D eigenvalue weighted by Crippen LogP contribution is 2.07. The van der Waals surface area contributed by atoms with Gasteiger partial charge in [0.05, 0.1) is 5.56 Å². The second kappa shape index (κ2) is 5.45. The largest absolute Gasteiger partial charge is 0.328 e. The third-order valence-electron chi connectivity index (χ3n) is 2.88. The topological polar surface area (TPSA) is 49.9 Å². The van der Waals surface area contributed by atoms with Crippen LogP contribution in [0.4, 0.5) is 0 Å². The standard InChI is InChI=1S/C15H15NO2/c1-11-4-6-12(7-5-11)8-9-14(17)13-3-2-10-16-15(13)18/h2-7,10H,8-9H2,1H3,(H,16,18). The van der Waals surface area contributed by atoms with E-state index in [4.69, 9.17) is 0 Å². The molecule has 1 N–H and O–H groups in total. The number of nitrogens with one attached hydrogen (secondary N) is 1. The first-order chi connectivity index (χ1) is 8.66. The van der Waals surface area contributed by atoms with Gasteiger partial charge in [-0.2, -0.15) is 0 Å². The van der Waals surface area contributed by atoms with Crippen molar-refractivity contribution in [2.45, 2.75) is 19.8 Å². The molecular formula is C15H15NO2.